The minimum atomic E-state index is -0.164. The van der Waals surface area contributed by atoms with Crippen molar-refractivity contribution in [2.75, 3.05) is 12.8 Å². The molecular weight excluding hydrogens is 216 g/mol. The van der Waals surface area contributed by atoms with Crippen molar-refractivity contribution < 1.29 is 9.53 Å². The van der Waals surface area contributed by atoms with Crippen LogP contribution in [0.15, 0.2) is 42.7 Å². The number of hydrogen-bond donors (Lipinski definition) is 1. The van der Waals surface area contributed by atoms with E-state index < -0.39 is 0 Å². The molecule has 0 radical (unpaired) electrons. The number of hydrogen-bond acceptors (Lipinski definition) is 4. The topological polar surface area (TPSA) is 65.2 Å². The lowest BCUT2D eigenvalue weighted by molar-refractivity contribution is 0.103. The standard InChI is InChI=1S/C13H12N2O2/c1-17-12-5-3-2-4-10(12)13(16)9-6-7-15-8-11(9)14/h2-8H,14H2,1H3. The summed E-state index contributed by atoms with van der Waals surface area (Å²) in [5, 5.41) is 0. The number of rotatable bonds is 3. The Morgan fingerprint density at radius 3 is 2.71 bits per heavy atom. The van der Waals surface area contributed by atoms with Gasteiger partial charge >= 0.3 is 0 Å². The first-order chi connectivity index (χ1) is 8.24. The van der Waals surface area contributed by atoms with Crippen molar-refractivity contribution in [2.45, 2.75) is 0 Å². The molecule has 0 saturated carbocycles. The van der Waals surface area contributed by atoms with Gasteiger partial charge < -0.3 is 10.5 Å². The number of ketones is 1. The summed E-state index contributed by atoms with van der Waals surface area (Å²) in [4.78, 5) is 16.1. The molecule has 2 aromatic rings. The molecule has 0 saturated heterocycles. The summed E-state index contributed by atoms with van der Waals surface area (Å²) in [6.07, 6.45) is 3.00. The number of aromatic nitrogens is 1. The SMILES string of the molecule is COc1ccccc1C(=O)c1ccncc1N. The van der Waals surface area contributed by atoms with Gasteiger partial charge in [0.05, 0.1) is 24.6 Å². The lowest BCUT2D eigenvalue weighted by Gasteiger charge is -2.08. The lowest BCUT2D eigenvalue weighted by Crippen LogP contribution is -2.07. The van der Waals surface area contributed by atoms with Crippen molar-refractivity contribution in [3.05, 3.63) is 53.9 Å². The Hall–Kier alpha value is -2.36. The monoisotopic (exact) mass is 228 g/mol. The fourth-order valence-corrected chi connectivity index (χ4v) is 1.59. The average Bonchev–Trinajstić information content (AvgIpc) is 2.38. The van der Waals surface area contributed by atoms with Crippen LogP contribution in [0.25, 0.3) is 0 Å². The first-order valence-corrected chi connectivity index (χ1v) is 5.11. The van der Waals surface area contributed by atoms with E-state index in [1.807, 2.05) is 6.07 Å². The van der Waals surface area contributed by atoms with E-state index in [2.05, 4.69) is 4.98 Å². The number of nitrogens with zero attached hydrogens (tertiary/aromatic N) is 1. The number of nitrogen functional groups attached to an aromatic ring is 1. The normalized spacial score (nSPS) is 9.94. The van der Waals surface area contributed by atoms with Crippen molar-refractivity contribution in [1.29, 1.82) is 0 Å². The van der Waals surface area contributed by atoms with Gasteiger partial charge in [0.1, 0.15) is 5.75 Å². The van der Waals surface area contributed by atoms with Gasteiger partial charge in [0.25, 0.3) is 0 Å². The van der Waals surface area contributed by atoms with Crippen LogP contribution >= 0.6 is 0 Å². The van der Waals surface area contributed by atoms with Crippen LogP contribution in [0.2, 0.25) is 0 Å². The molecule has 0 aliphatic heterocycles. The molecular formula is C13H12N2O2. The number of ether oxygens (including phenoxy) is 1. The molecule has 4 heteroatoms. The molecule has 0 aliphatic rings. The quantitative estimate of drug-likeness (QED) is 0.815. The summed E-state index contributed by atoms with van der Waals surface area (Å²) in [5.74, 6) is 0.371. The highest BCUT2D eigenvalue weighted by atomic mass is 16.5. The molecule has 0 unspecified atom stereocenters. The second-order valence-electron chi connectivity index (χ2n) is 3.49. The highest BCUT2D eigenvalue weighted by Gasteiger charge is 2.15. The van der Waals surface area contributed by atoms with Crippen molar-refractivity contribution in [3.8, 4) is 5.75 Å². The maximum absolute atomic E-state index is 12.3. The number of methoxy groups -OCH3 is 1. The van der Waals surface area contributed by atoms with E-state index in [1.54, 1.807) is 30.5 Å². The van der Waals surface area contributed by atoms with Crippen LogP contribution < -0.4 is 10.5 Å². The molecule has 0 fully saturated rings. The van der Waals surface area contributed by atoms with E-state index >= 15 is 0 Å². The lowest BCUT2D eigenvalue weighted by atomic mass is 10.0. The van der Waals surface area contributed by atoms with Gasteiger partial charge in [-0.15, -0.1) is 0 Å². The number of carbonyl (C=O) groups excluding carboxylic acids is 1. The van der Waals surface area contributed by atoms with E-state index in [0.29, 0.717) is 22.6 Å². The predicted octanol–water partition coefficient (Wildman–Crippen LogP) is 1.90. The van der Waals surface area contributed by atoms with E-state index in [0.717, 1.165) is 0 Å². The Labute approximate surface area is 99.1 Å². The summed E-state index contributed by atoms with van der Waals surface area (Å²) in [7, 11) is 1.53. The molecule has 1 aromatic heterocycles. The van der Waals surface area contributed by atoms with Crippen LogP contribution in [0.1, 0.15) is 15.9 Å². The van der Waals surface area contributed by atoms with Crippen molar-refractivity contribution >= 4 is 11.5 Å². The van der Waals surface area contributed by atoms with Crippen LogP contribution in [0.5, 0.6) is 5.75 Å². The van der Waals surface area contributed by atoms with Gasteiger partial charge in [-0.25, -0.2) is 0 Å². The molecule has 0 spiro atoms. The first-order valence-electron chi connectivity index (χ1n) is 5.11. The molecule has 86 valence electrons. The second kappa shape index (κ2) is 4.65. The molecule has 17 heavy (non-hydrogen) atoms. The fraction of sp³-hybridized carbons (Fsp3) is 0.0769. The fourth-order valence-electron chi connectivity index (χ4n) is 1.59. The smallest absolute Gasteiger partial charge is 0.198 e. The van der Waals surface area contributed by atoms with Gasteiger partial charge in [0, 0.05) is 11.8 Å². The van der Waals surface area contributed by atoms with Crippen LogP contribution in [-0.2, 0) is 0 Å². The second-order valence-corrected chi connectivity index (χ2v) is 3.49. The predicted molar refractivity (Wildman–Crippen MR) is 65.1 cm³/mol. The minimum absolute atomic E-state index is 0.164. The molecule has 1 aromatic carbocycles. The number of carbonyl (C=O) groups is 1. The van der Waals surface area contributed by atoms with Gasteiger partial charge in [-0.3, -0.25) is 9.78 Å². The van der Waals surface area contributed by atoms with Gasteiger partial charge in [-0.1, -0.05) is 12.1 Å². The molecule has 2 N–H and O–H groups in total. The van der Waals surface area contributed by atoms with E-state index in [1.165, 1.54) is 13.3 Å². The number of para-hydroxylation sites is 1. The summed E-state index contributed by atoms with van der Waals surface area (Å²) in [6.45, 7) is 0. The van der Waals surface area contributed by atoms with Gasteiger partial charge in [0.15, 0.2) is 5.78 Å². The zero-order chi connectivity index (χ0) is 12.3. The van der Waals surface area contributed by atoms with E-state index in [4.69, 9.17) is 10.5 Å². The molecule has 2 rings (SSSR count). The number of pyridine rings is 1. The van der Waals surface area contributed by atoms with Crippen LogP contribution in [-0.4, -0.2) is 17.9 Å². The van der Waals surface area contributed by atoms with Gasteiger partial charge in [-0.05, 0) is 18.2 Å². The highest BCUT2D eigenvalue weighted by molar-refractivity contribution is 6.13. The maximum Gasteiger partial charge on any atom is 0.198 e. The average molecular weight is 228 g/mol. The Morgan fingerprint density at radius 2 is 2.00 bits per heavy atom. The highest BCUT2D eigenvalue weighted by Crippen LogP contribution is 2.22. The van der Waals surface area contributed by atoms with Gasteiger partial charge in [0.2, 0.25) is 0 Å². The van der Waals surface area contributed by atoms with Gasteiger partial charge in [-0.2, -0.15) is 0 Å². The maximum atomic E-state index is 12.3. The molecule has 4 nitrogen and oxygen atoms in total. The van der Waals surface area contributed by atoms with Crippen molar-refractivity contribution in [1.82, 2.24) is 4.98 Å². The molecule has 0 aliphatic carbocycles. The van der Waals surface area contributed by atoms with Crippen LogP contribution in [0.3, 0.4) is 0 Å². The zero-order valence-corrected chi connectivity index (χ0v) is 9.38. The molecule has 1 heterocycles. The summed E-state index contributed by atoms with van der Waals surface area (Å²) >= 11 is 0. The summed E-state index contributed by atoms with van der Waals surface area (Å²) in [5.41, 5.74) is 7.02. The molecule has 0 amide bonds. The number of benzene rings is 1. The number of nitrogens with two attached hydrogens (primary N) is 1. The van der Waals surface area contributed by atoms with Crippen LogP contribution in [0, 0.1) is 0 Å². The van der Waals surface area contributed by atoms with Crippen molar-refractivity contribution in [3.63, 3.8) is 0 Å². The Kier molecular flexibility index (Phi) is 3.05. The third-order valence-electron chi connectivity index (χ3n) is 2.45. The Bertz CT molecular complexity index is 553. The van der Waals surface area contributed by atoms with E-state index in [9.17, 15) is 4.79 Å². The first kappa shape index (κ1) is 11.1. The summed E-state index contributed by atoms with van der Waals surface area (Å²) < 4.78 is 5.15. The van der Waals surface area contributed by atoms with E-state index in [-0.39, 0.29) is 5.78 Å². The third kappa shape index (κ3) is 2.10. The minimum Gasteiger partial charge on any atom is -0.496 e. The zero-order valence-electron chi connectivity index (χ0n) is 9.38. The summed E-state index contributed by atoms with van der Waals surface area (Å²) in [6, 6.07) is 8.65. The Balaban J connectivity index is 2.48. The third-order valence-corrected chi connectivity index (χ3v) is 2.45. The largest absolute Gasteiger partial charge is 0.496 e. The number of anilines is 1. The Morgan fingerprint density at radius 1 is 1.24 bits per heavy atom. The van der Waals surface area contributed by atoms with Crippen molar-refractivity contribution in [2.24, 2.45) is 0 Å². The van der Waals surface area contributed by atoms with Crippen LogP contribution in [0.4, 0.5) is 5.69 Å². The molecule has 0 atom stereocenters. The molecule has 0 bridgehead atoms.